The molecule has 0 bridgehead atoms. The summed E-state index contributed by atoms with van der Waals surface area (Å²) in [7, 11) is 3.16. The molecular formula is C27H20O4. The van der Waals surface area contributed by atoms with Crippen molar-refractivity contribution < 1.29 is 19.0 Å². The standard InChI is InChI=1S/C27H20O4/c1-29-24-12-11-19(15-26(24)30-2)25-16-20(27(28)31-25)14-23-21-9-5-3-7-17(21)13-18-8-4-6-10-22(18)23/h3-16H,1-2H3. The fourth-order valence-electron chi connectivity index (χ4n) is 3.98. The summed E-state index contributed by atoms with van der Waals surface area (Å²) in [6.45, 7) is 0. The van der Waals surface area contributed by atoms with E-state index in [-0.39, 0.29) is 5.97 Å². The van der Waals surface area contributed by atoms with Crippen LogP contribution in [0.1, 0.15) is 11.1 Å². The van der Waals surface area contributed by atoms with Gasteiger partial charge in [-0.1, -0.05) is 48.5 Å². The first-order chi connectivity index (χ1) is 15.2. The fourth-order valence-corrected chi connectivity index (χ4v) is 3.98. The summed E-state index contributed by atoms with van der Waals surface area (Å²) in [5, 5.41) is 4.44. The first-order valence-electron chi connectivity index (χ1n) is 9.96. The summed E-state index contributed by atoms with van der Waals surface area (Å²) in [5.41, 5.74) is 2.26. The van der Waals surface area contributed by atoms with Crippen LogP contribution in [-0.2, 0) is 9.53 Å². The molecule has 31 heavy (non-hydrogen) atoms. The van der Waals surface area contributed by atoms with Crippen LogP contribution in [0.2, 0.25) is 0 Å². The number of carbonyl (C=O) groups is 1. The topological polar surface area (TPSA) is 44.8 Å². The van der Waals surface area contributed by atoms with Gasteiger partial charge in [0.1, 0.15) is 5.76 Å². The summed E-state index contributed by atoms with van der Waals surface area (Å²) in [6.07, 6.45) is 3.70. The van der Waals surface area contributed by atoms with Gasteiger partial charge < -0.3 is 14.2 Å². The van der Waals surface area contributed by atoms with Gasteiger partial charge in [-0.3, -0.25) is 0 Å². The molecule has 0 aliphatic carbocycles. The van der Waals surface area contributed by atoms with Gasteiger partial charge in [-0.2, -0.15) is 0 Å². The zero-order valence-corrected chi connectivity index (χ0v) is 17.2. The smallest absolute Gasteiger partial charge is 0.343 e. The van der Waals surface area contributed by atoms with E-state index in [2.05, 4.69) is 30.3 Å². The lowest BCUT2D eigenvalue weighted by Gasteiger charge is -2.09. The molecule has 0 fully saturated rings. The second kappa shape index (κ2) is 7.65. The van der Waals surface area contributed by atoms with E-state index in [1.165, 1.54) is 0 Å². The number of rotatable bonds is 4. The Balaban J connectivity index is 1.65. The molecular weight excluding hydrogens is 388 g/mol. The number of esters is 1. The highest BCUT2D eigenvalue weighted by Crippen LogP contribution is 2.36. The number of methoxy groups -OCH3 is 2. The van der Waals surface area contributed by atoms with Crippen LogP contribution in [0.25, 0.3) is 33.4 Å². The second-order valence-electron chi connectivity index (χ2n) is 7.30. The van der Waals surface area contributed by atoms with Crippen LogP contribution >= 0.6 is 0 Å². The van der Waals surface area contributed by atoms with E-state index in [9.17, 15) is 4.79 Å². The van der Waals surface area contributed by atoms with Gasteiger partial charge in [0.2, 0.25) is 0 Å². The third kappa shape index (κ3) is 3.32. The molecule has 5 rings (SSSR count). The van der Waals surface area contributed by atoms with Crippen molar-refractivity contribution in [1.29, 1.82) is 0 Å². The molecule has 4 aromatic rings. The SMILES string of the molecule is COc1ccc(C2=CC(=Cc3c4ccccc4cc4ccccc34)C(=O)O2)cc1OC. The largest absolute Gasteiger partial charge is 0.493 e. The Bertz CT molecular complexity index is 1340. The Kier molecular flexibility index (Phi) is 4.68. The number of fused-ring (bicyclic) bond motifs is 2. The average molecular weight is 408 g/mol. The Hall–Kier alpha value is -4.05. The summed E-state index contributed by atoms with van der Waals surface area (Å²) in [6, 6.07) is 24.0. The van der Waals surface area contributed by atoms with Crippen molar-refractivity contribution in [3.8, 4) is 11.5 Å². The van der Waals surface area contributed by atoms with E-state index in [0.717, 1.165) is 32.7 Å². The van der Waals surface area contributed by atoms with Crippen molar-refractivity contribution in [2.45, 2.75) is 0 Å². The van der Waals surface area contributed by atoms with Gasteiger partial charge in [0.15, 0.2) is 11.5 Å². The first kappa shape index (κ1) is 18.9. The van der Waals surface area contributed by atoms with Crippen molar-refractivity contribution in [2.24, 2.45) is 0 Å². The molecule has 1 heterocycles. The number of carbonyl (C=O) groups excluding carboxylic acids is 1. The first-order valence-corrected chi connectivity index (χ1v) is 9.96. The van der Waals surface area contributed by atoms with Crippen molar-refractivity contribution in [3.05, 3.63) is 95.6 Å². The lowest BCUT2D eigenvalue weighted by Crippen LogP contribution is -1.98. The van der Waals surface area contributed by atoms with E-state index >= 15 is 0 Å². The van der Waals surface area contributed by atoms with Gasteiger partial charge in [-0.05, 0) is 63.5 Å². The third-order valence-electron chi connectivity index (χ3n) is 5.51. The Morgan fingerprint density at radius 3 is 2.06 bits per heavy atom. The summed E-state index contributed by atoms with van der Waals surface area (Å²) in [5.74, 6) is 1.31. The molecule has 4 nitrogen and oxygen atoms in total. The molecule has 0 saturated carbocycles. The Morgan fingerprint density at radius 1 is 0.774 bits per heavy atom. The Morgan fingerprint density at radius 2 is 1.42 bits per heavy atom. The highest BCUT2D eigenvalue weighted by atomic mass is 16.5. The molecule has 0 saturated heterocycles. The minimum absolute atomic E-state index is 0.373. The molecule has 4 aromatic carbocycles. The highest BCUT2D eigenvalue weighted by molar-refractivity contribution is 6.12. The minimum Gasteiger partial charge on any atom is -0.493 e. The maximum absolute atomic E-state index is 12.7. The number of cyclic esters (lactones) is 1. The molecule has 0 atom stereocenters. The van der Waals surface area contributed by atoms with Crippen LogP contribution in [0.3, 0.4) is 0 Å². The molecule has 0 unspecified atom stereocenters. The average Bonchev–Trinajstić information content (AvgIpc) is 3.18. The molecule has 0 amide bonds. The van der Waals surface area contributed by atoms with Crippen LogP contribution in [0.4, 0.5) is 0 Å². The monoisotopic (exact) mass is 408 g/mol. The van der Waals surface area contributed by atoms with Gasteiger partial charge in [0.25, 0.3) is 0 Å². The number of hydrogen-bond donors (Lipinski definition) is 0. The quantitative estimate of drug-likeness (QED) is 0.236. The van der Waals surface area contributed by atoms with Gasteiger partial charge >= 0.3 is 5.97 Å². The van der Waals surface area contributed by atoms with E-state index in [0.29, 0.717) is 22.8 Å². The molecule has 152 valence electrons. The zero-order chi connectivity index (χ0) is 21.4. The molecule has 1 aliphatic rings. The van der Waals surface area contributed by atoms with Crippen molar-refractivity contribution >= 4 is 39.3 Å². The molecule has 0 spiro atoms. The molecule has 1 aliphatic heterocycles. The van der Waals surface area contributed by atoms with E-state index in [1.807, 2.05) is 36.4 Å². The van der Waals surface area contributed by atoms with Crippen LogP contribution in [0, 0.1) is 0 Å². The number of ether oxygens (including phenoxy) is 3. The summed E-state index contributed by atoms with van der Waals surface area (Å²) >= 11 is 0. The molecule has 0 aromatic heterocycles. The second-order valence-corrected chi connectivity index (χ2v) is 7.30. The van der Waals surface area contributed by atoms with Gasteiger partial charge in [-0.25, -0.2) is 4.79 Å². The van der Waals surface area contributed by atoms with Gasteiger partial charge in [-0.15, -0.1) is 0 Å². The lowest BCUT2D eigenvalue weighted by molar-refractivity contribution is -0.130. The normalized spacial score (nSPS) is 14.7. The summed E-state index contributed by atoms with van der Waals surface area (Å²) < 4.78 is 16.3. The van der Waals surface area contributed by atoms with E-state index in [4.69, 9.17) is 14.2 Å². The molecule has 0 N–H and O–H groups in total. The van der Waals surface area contributed by atoms with E-state index in [1.54, 1.807) is 32.4 Å². The van der Waals surface area contributed by atoms with Crippen molar-refractivity contribution in [2.75, 3.05) is 14.2 Å². The highest BCUT2D eigenvalue weighted by Gasteiger charge is 2.23. The lowest BCUT2D eigenvalue weighted by atomic mass is 9.95. The predicted molar refractivity (Wildman–Crippen MR) is 123 cm³/mol. The van der Waals surface area contributed by atoms with Crippen molar-refractivity contribution in [3.63, 3.8) is 0 Å². The predicted octanol–water partition coefficient (Wildman–Crippen LogP) is 5.99. The Labute approximate surface area is 180 Å². The minimum atomic E-state index is -0.373. The maximum Gasteiger partial charge on any atom is 0.343 e. The van der Waals surface area contributed by atoms with Crippen LogP contribution < -0.4 is 9.47 Å². The number of hydrogen-bond acceptors (Lipinski definition) is 4. The molecule has 0 radical (unpaired) electrons. The van der Waals surface area contributed by atoms with E-state index < -0.39 is 0 Å². The van der Waals surface area contributed by atoms with Gasteiger partial charge in [0, 0.05) is 5.56 Å². The zero-order valence-electron chi connectivity index (χ0n) is 17.2. The number of benzene rings is 4. The fraction of sp³-hybridized carbons (Fsp3) is 0.0741. The maximum atomic E-state index is 12.7. The van der Waals surface area contributed by atoms with Crippen LogP contribution in [0.5, 0.6) is 11.5 Å². The van der Waals surface area contributed by atoms with Crippen LogP contribution in [0.15, 0.2) is 84.4 Å². The van der Waals surface area contributed by atoms with Gasteiger partial charge in [0.05, 0.1) is 19.8 Å². The van der Waals surface area contributed by atoms with Crippen molar-refractivity contribution in [1.82, 2.24) is 0 Å². The van der Waals surface area contributed by atoms with Crippen LogP contribution in [-0.4, -0.2) is 20.2 Å². The summed E-state index contributed by atoms with van der Waals surface area (Å²) in [4.78, 5) is 12.7. The molecule has 4 heteroatoms. The third-order valence-corrected chi connectivity index (χ3v) is 5.51.